The molecule has 0 aliphatic heterocycles. The highest BCUT2D eigenvalue weighted by Crippen LogP contribution is 2.20. The van der Waals surface area contributed by atoms with E-state index in [4.69, 9.17) is 15.1 Å². The van der Waals surface area contributed by atoms with Gasteiger partial charge < -0.3 is 9.84 Å². The van der Waals surface area contributed by atoms with Crippen molar-refractivity contribution in [1.82, 2.24) is 0 Å². The zero-order valence-electron chi connectivity index (χ0n) is 14.4. The first-order valence-electron chi connectivity index (χ1n) is 7.84. The van der Waals surface area contributed by atoms with Crippen molar-refractivity contribution in [3.8, 4) is 23.7 Å². The van der Waals surface area contributed by atoms with E-state index < -0.39 is 23.4 Å². The number of hydrogen-bond donors (Lipinski definition) is 1. The van der Waals surface area contributed by atoms with E-state index in [1.807, 2.05) is 32.0 Å². The minimum absolute atomic E-state index is 0.296. The van der Waals surface area contributed by atoms with Crippen molar-refractivity contribution in [2.45, 2.75) is 18.7 Å². The van der Waals surface area contributed by atoms with Crippen LogP contribution in [0, 0.1) is 30.1 Å². The number of hydrogen-bond acceptors (Lipinski definition) is 4. The van der Waals surface area contributed by atoms with Crippen LogP contribution in [0.3, 0.4) is 0 Å². The van der Waals surface area contributed by atoms with E-state index in [1.54, 1.807) is 18.2 Å². The average Bonchev–Trinajstić information content (AvgIpc) is 2.65. The molecule has 0 aliphatic rings. The van der Waals surface area contributed by atoms with E-state index in [9.17, 15) is 9.00 Å². The smallest absolute Gasteiger partial charge is 0.341 e. The number of aryl methyl sites for hydroxylation is 1. The number of nitrogens with zero attached hydrogens (tertiary/aromatic N) is 1. The van der Waals surface area contributed by atoms with Crippen LogP contribution in [0.25, 0.3) is 0 Å². The molecular formula is C20H17NO4S. The first kappa shape index (κ1) is 19.2. The Hall–Kier alpha value is -3.09. The first-order chi connectivity index (χ1) is 12.4. The Kier molecular flexibility index (Phi) is 6.54. The SMILES string of the molecule is CCS(=O)c1ccc(C)c(C#Cc2cc(C#N)ccc2OCC(=O)O)c1. The molecule has 2 aromatic carbocycles. The van der Waals surface area contributed by atoms with Gasteiger partial charge in [0.2, 0.25) is 0 Å². The molecule has 1 N–H and O–H groups in total. The van der Waals surface area contributed by atoms with Gasteiger partial charge in [-0.15, -0.1) is 0 Å². The molecule has 5 nitrogen and oxygen atoms in total. The Morgan fingerprint density at radius 3 is 2.58 bits per heavy atom. The molecule has 2 rings (SSSR count). The van der Waals surface area contributed by atoms with Gasteiger partial charge in [0, 0.05) is 16.2 Å². The van der Waals surface area contributed by atoms with Gasteiger partial charge in [-0.1, -0.05) is 24.8 Å². The second-order valence-electron chi connectivity index (χ2n) is 5.37. The molecule has 0 saturated heterocycles. The molecule has 0 amide bonds. The summed E-state index contributed by atoms with van der Waals surface area (Å²) in [7, 11) is -1.08. The van der Waals surface area contributed by atoms with Crippen molar-refractivity contribution >= 4 is 16.8 Å². The van der Waals surface area contributed by atoms with Gasteiger partial charge >= 0.3 is 5.97 Å². The second kappa shape index (κ2) is 8.84. The van der Waals surface area contributed by atoms with Crippen LogP contribution in [0.4, 0.5) is 0 Å². The lowest BCUT2D eigenvalue weighted by molar-refractivity contribution is -0.139. The number of ether oxygens (including phenoxy) is 1. The average molecular weight is 367 g/mol. The molecule has 0 saturated carbocycles. The summed E-state index contributed by atoms with van der Waals surface area (Å²) in [6.07, 6.45) is 0. The summed E-state index contributed by atoms with van der Waals surface area (Å²) < 4.78 is 17.2. The lowest BCUT2D eigenvalue weighted by Gasteiger charge is -2.06. The summed E-state index contributed by atoms with van der Waals surface area (Å²) in [5.74, 6) is 5.66. The van der Waals surface area contributed by atoms with Gasteiger partial charge in [0.15, 0.2) is 6.61 Å². The highest BCUT2D eigenvalue weighted by atomic mass is 32.2. The number of benzene rings is 2. The van der Waals surface area contributed by atoms with Gasteiger partial charge in [-0.05, 0) is 42.8 Å². The maximum absolute atomic E-state index is 12.0. The summed E-state index contributed by atoms with van der Waals surface area (Å²) in [5, 5.41) is 17.8. The molecule has 0 aromatic heterocycles. The van der Waals surface area contributed by atoms with Crippen LogP contribution in [0.15, 0.2) is 41.3 Å². The Balaban J connectivity index is 2.44. The molecular weight excluding hydrogens is 350 g/mol. The van der Waals surface area contributed by atoms with E-state index >= 15 is 0 Å². The van der Waals surface area contributed by atoms with Gasteiger partial charge in [0.05, 0.1) is 28.0 Å². The van der Waals surface area contributed by atoms with Crippen molar-refractivity contribution in [2.24, 2.45) is 0 Å². The topological polar surface area (TPSA) is 87.4 Å². The highest BCUT2D eigenvalue weighted by molar-refractivity contribution is 7.85. The lowest BCUT2D eigenvalue weighted by atomic mass is 10.1. The Morgan fingerprint density at radius 1 is 1.19 bits per heavy atom. The predicted octanol–water partition coefficient (Wildman–Crippen LogP) is 2.86. The standard InChI is InChI=1S/C20H17NO4S/c1-3-26(24)18-8-4-14(2)16(11-18)6-7-17-10-15(12-21)5-9-19(17)25-13-20(22)23/h4-5,8-11H,3,13H2,1-2H3,(H,22,23). The van der Waals surface area contributed by atoms with Crippen molar-refractivity contribution in [2.75, 3.05) is 12.4 Å². The highest BCUT2D eigenvalue weighted by Gasteiger charge is 2.07. The van der Waals surface area contributed by atoms with E-state index in [-0.39, 0.29) is 0 Å². The molecule has 0 heterocycles. The van der Waals surface area contributed by atoms with Crippen molar-refractivity contribution in [3.05, 3.63) is 58.7 Å². The number of carboxylic acid groups (broad SMARTS) is 1. The summed E-state index contributed by atoms with van der Waals surface area (Å²) in [6, 6.07) is 12.1. The Labute approximate surface area is 154 Å². The van der Waals surface area contributed by atoms with Crippen LogP contribution in [0.5, 0.6) is 5.75 Å². The largest absolute Gasteiger partial charge is 0.481 e. The van der Waals surface area contributed by atoms with Crippen LogP contribution in [-0.4, -0.2) is 27.6 Å². The summed E-state index contributed by atoms with van der Waals surface area (Å²) in [5.41, 5.74) is 2.47. The number of carbonyl (C=O) groups is 1. The molecule has 0 spiro atoms. The number of nitriles is 1. The normalized spacial score (nSPS) is 11.0. The minimum atomic E-state index is -1.10. The fourth-order valence-corrected chi connectivity index (χ4v) is 2.94. The van der Waals surface area contributed by atoms with Crippen LogP contribution in [0.1, 0.15) is 29.2 Å². The zero-order chi connectivity index (χ0) is 19.1. The van der Waals surface area contributed by atoms with Crippen LogP contribution in [-0.2, 0) is 15.6 Å². The Bertz CT molecular complexity index is 964. The van der Waals surface area contributed by atoms with Crippen molar-refractivity contribution in [1.29, 1.82) is 5.26 Å². The first-order valence-corrected chi connectivity index (χ1v) is 9.16. The Morgan fingerprint density at radius 2 is 1.92 bits per heavy atom. The van der Waals surface area contributed by atoms with Gasteiger partial charge in [-0.25, -0.2) is 4.79 Å². The quantitative estimate of drug-likeness (QED) is 0.821. The monoisotopic (exact) mass is 367 g/mol. The second-order valence-corrected chi connectivity index (χ2v) is 7.11. The van der Waals surface area contributed by atoms with Gasteiger partial charge in [0.1, 0.15) is 5.75 Å². The molecule has 6 heteroatoms. The van der Waals surface area contributed by atoms with Crippen LogP contribution >= 0.6 is 0 Å². The molecule has 26 heavy (non-hydrogen) atoms. The summed E-state index contributed by atoms with van der Waals surface area (Å²) in [4.78, 5) is 11.4. The fourth-order valence-electron chi connectivity index (χ4n) is 2.14. The van der Waals surface area contributed by atoms with E-state index in [1.165, 1.54) is 6.07 Å². The molecule has 0 fully saturated rings. The molecule has 0 aliphatic carbocycles. The van der Waals surface area contributed by atoms with Gasteiger partial charge in [-0.2, -0.15) is 5.26 Å². The number of carboxylic acids is 1. The van der Waals surface area contributed by atoms with E-state index in [0.717, 1.165) is 11.1 Å². The van der Waals surface area contributed by atoms with Crippen molar-refractivity contribution in [3.63, 3.8) is 0 Å². The maximum atomic E-state index is 12.0. The maximum Gasteiger partial charge on any atom is 0.341 e. The molecule has 0 bridgehead atoms. The summed E-state index contributed by atoms with van der Waals surface area (Å²) in [6.45, 7) is 3.25. The van der Waals surface area contributed by atoms with Crippen LogP contribution in [0.2, 0.25) is 0 Å². The molecule has 0 radical (unpaired) electrons. The number of aliphatic carboxylic acids is 1. The molecule has 1 unspecified atom stereocenters. The predicted molar refractivity (Wildman–Crippen MR) is 98.4 cm³/mol. The van der Waals surface area contributed by atoms with Crippen molar-refractivity contribution < 1.29 is 18.8 Å². The van der Waals surface area contributed by atoms with Gasteiger partial charge in [0.25, 0.3) is 0 Å². The third kappa shape index (κ3) is 4.95. The third-order valence-corrected chi connectivity index (χ3v) is 4.83. The third-order valence-electron chi connectivity index (χ3n) is 3.53. The lowest BCUT2D eigenvalue weighted by Crippen LogP contribution is -2.10. The minimum Gasteiger partial charge on any atom is -0.481 e. The van der Waals surface area contributed by atoms with Gasteiger partial charge in [-0.3, -0.25) is 4.21 Å². The molecule has 132 valence electrons. The van der Waals surface area contributed by atoms with Crippen LogP contribution < -0.4 is 4.74 Å². The fraction of sp³-hybridized carbons (Fsp3) is 0.200. The summed E-state index contributed by atoms with van der Waals surface area (Å²) >= 11 is 0. The molecule has 2 aromatic rings. The van der Waals surface area contributed by atoms with E-state index in [2.05, 4.69) is 11.8 Å². The zero-order valence-corrected chi connectivity index (χ0v) is 15.2. The van der Waals surface area contributed by atoms with E-state index in [0.29, 0.717) is 27.5 Å². The number of rotatable bonds is 5. The molecule has 1 atom stereocenters.